The van der Waals surface area contributed by atoms with E-state index in [0.717, 1.165) is 33.5 Å². The Morgan fingerprint density at radius 3 is 2.44 bits per heavy atom. The van der Waals surface area contributed by atoms with Crippen LogP contribution in [0.1, 0.15) is 41.4 Å². The Morgan fingerprint density at radius 2 is 1.78 bits per heavy atom. The van der Waals surface area contributed by atoms with Crippen LogP contribution in [-0.4, -0.2) is 29.7 Å². The summed E-state index contributed by atoms with van der Waals surface area (Å²) < 4.78 is 23.5. The van der Waals surface area contributed by atoms with Crippen molar-refractivity contribution in [3.05, 3.63) is 123 Å². The molecule has 10 heteroatoms. The largest absolute Gasteiger partial charge is 0.457 e. The molecule has 0 radical (unpaired) electrons. The van der Waals surface area contributed by atoms with E-state index in [9.17, 15) is 18.8 Å². The van der Waals surface area contributed by atoms with Gasteiger partial charge in [-0.2, -0.15) is 5.10 Å². The average molecular weight is 554 g/mol. The van der Waals surface area contributed by atoms with E-state index in [-0.39, 0.29) is 23.7 Å². The van der Waals surface area contributed by atoms with Gasteiger partial charge in [0.15, 0.2) is 5.78 Å². The zero-order valence-corrected chi connectivity index (χ0v) is 23.0. The number of halogens is 1. The lowest BCUT2D eigenvalue weighted by molar-refractivity contribution is 0.0990. The van der Waals surface area contributed by atoms with Gasteiger partial charge in [0.2, 0.25) is 0 Å². The minimum absolute atomic E-state index is 0.0590. The van der Waals surface area contributed by atoms with Crippen LogP contribution in [-0.2, 0) is 13.5 Å². The molecule has 0 saturated heterocycles. The lowest BCUT2D eigenvalue weighted by Crippen LogP contribution is -2.42. The molecular formula is C31H28FN5O4. The van der Waals surface area contributed by atoms with Crippen LogP contribution in [0.15, 0.2) is 89.0 Å². The predicted octanol–water partition coefficient (Wildman–Crippen LogP) is 5.04. The molecule has 3 heterocycles. The first-order valence-electron chi connectivity index (χ1n) is 13.0. The summed E-state index contributed by atoms with van der Waals surface area (Å²) in [6.45, 7) is 5.42. The maximum absolute atomic E-state index is 13.5. The average Bonchev–Trinajstić information content (AvgIpc) is 3.37. The smallest absolute Gasteiger partial charge is 0.335 e. The first-order valence-corrected chi connectivity index (χ1v) is 13.0. The fraction of sp³-hybridized carbons (Fsp3) is 0.194. The molecule has 0 aliphatic carbocycles. The molecule has 5 rings (SSSR count). The van der Waals surface area contributed by atoms with Crippen LogP contribution < -0.4 is 16.0 Å². The van der Waals surface area contributed by atoms with E-state index in [1.165, 1.54) is 22.9 Å². The van der Waals surface area contributed by atoms with E-state index in [0.29, 0.717) is 17.1 Å². The molecule has 208 valence electrons. The van der Waals surface area contributed by atoms with Crippen LogP contribution in [0.3, 0.4) is 0 Å². The molecule has 0 saturated carbocycles. The van der Waals surface area contributed by atoms with E-state index < -0.39 is 22.8 Å². The lowest BCUT2D eigenvalue weighted by Gasteiger charge is -2.15. The number of carbonyl (C=O) groups is 1. The molecule has 0 spiro atoms. The Hall–Kier alpha value is -5.12. The highest BCUT2D eigenvalue weighted by molar-refractivity contribution is 5.97. The molecule has 0 bridgehead atoms. The number of nitrogens with zero attached hydrogens (tertiary/aromatic N) is 5. The molecule has 2 aromatic carbocycles. The van der Waals surface area contributed by atoms with E-state index >= 15 is 0 Å². The van der Waals surface area contributed by atoms with Gasteiger partial charge in [0.25, 0.3) is 5.56 Å². The number of pyridine rings is 1. The molecule has 9 nitrogen and oxygen atoms in total. The van der Waals surface area contributed by atoms with Gasteiger partial charge in [0.1, 0.15) is 22.9 Å². The summed E-state index contributed by atoms with van der Waals surface area (Å²) in [6, 6.07) is 13.6. The van der Waals surface area contributed by atoms with Crippen molar-refractivity contribution in [3.63, 3.8) is 0 Å². The molecule has 0 fully saturated rings. The molecule has 41 heavy (non-hydrogen) atoms. The topological polar surface area (TPSA) is 101 Å². The van der Waals surface area contributed by atoms with Crippen LogP contribution in [0.25, 0.3) is 16.9 Å². The standard InChI is InChI=1S/C31H28FN5O4/c1-19(2)36-18-26(30(39)37(31(36)40)24-8-6-23(32)7-9-24)28(38)14-21-5-10-29(20(3)13-21)41-25-11-12-33-27(15-25)22-16-34-35(4)17-22/h5-13,15-19H,14H2,1-4H3. The number of aryl methyl sites for hydroxylation is 2. The van der Waals surface area contributed by atoms with Gasteiger partial charge in [-0.05, 0) is 68.3 Å². The molecule has 0 aliphatic heterocycles. The van der Waals surface area contributed by atoms with Gasteiger partial charge in [-0.15, -0.1) is 0 Å². The number of aromatic nitrogens is 5. The zero-order valence-electron chi connectivity index (χ0n) is 23.0. The molecule has 0 unspecified atom stereocenters. The van der Waals surface area contributed by atoms with Crippen LogP contribution in [0.4, 0.5) is 4.39 Å². The number of hydrogen-bond donors (Lipinski definition) is 0. The van der Waals surface area contributed by atoms with Crippen molar-refractivity contribution in [2.45, 2.75) is 33.2 Å². The minimum atomic E-state index is -0.748. The summed E-state index contributed by atoms with van der Waals surface area (Å²) in [4.78, 5) is 44.2. The van der Waals surface area contributed by atoms with Crippen molar-refractivity contribution >= 4 is 5.78 Å². The predicted molar refractivity (Wildman–Crippen MR) is 152 cm³/mol. The van der Waals surface area contributed by atoms with E-state index in [2.05, 4.69) is 10.1 Å². The molecule has 0 atom stereocenters. The van der Waals surface area contributed by atoms with Gasteiger partial charge in [-0.25, -0.2) is 13.8 Å². The number of ether oxygens (including phenoxy) is 1. The quantitative estimate of drug-likeness (QED) is 0.250. The van der Waals surface area contributed by atoms with Crippen molar-refractivity contribution in [1.82, 2.24) is 23.9 Å². The fourth-order valence-electron chi connectivity index (χ4n) is 4.48. The summed E-state index contributed by atoms with van der Waals surface area (Å²) in [5, 5.41) is 4.18. The second-order valence-electron chi connectivity index (χ2n) is 10.0. The summed E-state index contributed by atoms with van der Waals surface area (Å²) in [6.07, 6.45) is 6.51. The fourth-order valence-corrected chi connectivity index (χ4v) is 4.48. The van der Waals surface area contributed by atoms with Crippen molar-refractivity contribution in [1.29, 1.82) is 0 Å². The Morgan fingerprint density at radius 1 is 1.02 bits per heavy atom. The highest BCUT2D eigenvalue weighted by atomic mass is 19.1. The number of ketones is 1. The SMILES string of the molecule is Cc1cc(CC(=O)c2cn(C(C)C)c(=O)n(-c3ccc(F)cc3)c2=O)ccc1Oc1ccnc(-c2cnn(C)c2)c1. The second kappa shape index (κ2) is 11.2. The van der Waals surface area contributed by atoms with Crippen molar-refractivity contribution in [3.8, 4) is 28.4 Å². The molecule has 5 aromatic rings. The van der Waals surface area contributed by atoms with Crippen LogP contribution in [0, 0.1) is 12.7 Å². The first-order chi connectivity index (χ1) is 19.6. The summed E-state index contributed by atoms with van der Waals surface area (Å²) in [5.41, 5.74) is 1.78. The highest BCUT2D eigenvalue weighted by Gasteiger charge is 2.20. The van der Waals surface area contributed by atoms with Gasteiger partial charge in [-0.1, -0.05) is 12.1 Å². The lowest BCUT2D eigenvalue weighted by atomic mass is 10.0. The van der Waals surface area contributed by atoms with Gasteiger partial charge >= 0.3 is 5.69 Å². The molecular weight excluding hydrogens is 525 g/mol. The van der Waals surface area contributed by atoms with Crippen LogP contribution in [0.2, 0.25) is 0 Å². The maximum atomic E-state index is 13.5. The summed E-state index contributed by atoms with van der Waals surface area (Å²) in [7, 11) is 1.83. The number of Topliss-reactive ketones (excluding diaryl/α,β-unsaturated/α-hetero) is 1. The summed E-state index contributed by atoms with van der Waals surface area (Å²) in [5.74, 6) is 0.266. The normalized spacial score (nSPS) is 11.2. The monoisotopic (exact) mass is 553 g/mol. The third kappa shape index (κ3) is 5.76. The number of benzene rings is 2. The first kappa shape index (κ1) is 27.4. The van der Waals surface area contributed by atoms with Crippen LogP contribution >= 0.6 is 0 Å². The molecule has 3 aromatic heterocycles. The Kier molecular flexibility index (Phi) is 7.47. The van der Waals surface area contributed by atoms with E-state index in [1.807, 2.05) is 32.3 Å². The van der Waals surface area contributed by atoms with Gasteiger partial charge < -0.3 is 4.74 Å². The number of hydrogen-bond acceptors (Lipinski definition) is 6. The zero-order chi connectivity index (χ0) is 29.3. The maximum Gasteiger partial charge on any atom is 0.335 e. The second-order valence-corrected chi connectivity index (χ2v) is 10.0. The van der Waals surface area contributed by atoms with Crippen molar-refractivity contribution < 1.29 is 13.9 Å². The Balaban J connectivity index is 1.41. The minimum Gasteiger partial charge on any atom is -0.457 e. The summed E-state index contributed by atoms with van der Waals surface area (Å²) >= 11 is 0. The van der Waals surface area contributed by atoms with E-state index in [4.69, 9.17) is 4.74 Å². The van der Waals surface area contributed by atoms with Gasteiger partial charge in [-0.3, -0.25) is 23.8 Å². The number of rotatable bonds is 8. The van der Waals surface area contributed by atoms with Gasteiger partial charge in [0.05, 0.1) is 17.6 Å². The Bertz CT molecular complexity index is 1870. The van der Waals surface area contributed by atoms with Crippen molar-refractivity contribution in [2.24, 2.45) is 7.05 Å². The van der Waals surface area contributed by atoms with Crippen LogP contribution in [0.5, 0.6) is 11.5 Å². The molecule has 0 amide bonds. The Labute approximate surface area is 235 Å². The third-order valence-corrected chi connectivity index (χ3v) is 6.62. The van der Waals surface area contributed by atoms with Gasteiger partial charge in [0, 0.05) is 49.7 Å². The van der Waals surface area contributed by atoms with Crippen molar-refractivity contribution in [2.75, 3.05) is 0 Å². The third-order valence-electron chi connectivity index (χ3n) is 6.62. The number of carbonyl (C=O) groups excluding carboxylic acids is 1. The van der Waals surface area contributed by atoms with E-state index in [1.54, 1.807) is 49.1 Å². The highest BCUT2D eigenvalue weighted by Crippen LogP contribution is 2.28. The molecule has 0 aliphatic rings. The molecule has 0 N–H and O–H groups in total.